The van der Waals surface area contributed by atoms with Gasteiger partial charge in [0, 0.05) is 6.42 Å². The van der Waals surface area contributed by atoms with Crippen molar-refractivity contribution < 1.29 is 18.3 Å². The van der Waals surface area contributed by atoms with Gasteiger partial charge in [0.05, 0.1) is 11.5 Å². The first kappa shape index (κ1) is 11.5. The monoisotopic (exact) mass is 220 g/mol. The number of carboxylic acids is 1. The Morgan fingerprint density at radius 3 is 2.21 bits per heavy atom. The van der Waals surface area contributed by atoms with E-state index in [4.69, 9.17) is 5.11 Å². The highest BCUT2D eigenvalue weighted by atomic mass is 32.2. The maximum Gasteiger partial charge on any atom is 0.303 e. The summed E-state index contributed by atoms with van der Waals surface area (Å²) in [5.41, 5.74) is 0. The van der Waals surface area contributed by atoms with Gasteiger partial charge in [-0.25, -0.2) is 8.42 Å². The average molecular weight is 220 g/mol. The van der Waals surface area contributed by atoms with Gasteiger partial charge in [-0.2, -0.15) is 0 Å². The smallest absolute Gasteiger partial charge is 0.303 e. The van der Waals surface area contributed by atoms with E-state index in [1.807, 2.05) is 13.8 Å². The quantitative estimate of drug-likeness (QED) is 0.760. The molecule has 1 unspecified atom stereocenters. The van der Waals surface area contributed by atoms with Crippen LogP contribution in [0.5, 0.6) is 0 Å². The van der Waals surface area contributed by atoms with Crippen molar-refractivity contribution in [3.05, 3.63) is 0 Å². The summed E-state index contributed by atoms with van der Waals surface area (Å²) in [7, 11) is -2.84. The normalized spacial score (nSPS) is 23.1. The predicted molar refractivity (Wildman–Crippen MR) is 52.7 cm³/mol. The SMILES string of the molecule is CC(C)C(CC(=O)O)C1CS(=O)(=O)C1. The number of hydrogen-bond donors (Lipinski definition) is 1. The third-order valence-corrected chi connectivity index (χ3v) is 4.68. The Morgan fingerprint density at radius 2 is 1.93 bits per heavy atom. The Hall–Kier alpha value is -0.580. The predicted octanol–water partition coefficient (Wildman–Crippen LogP) is 0.778. The third-order valence-electron chi connectivity index (χ3n) is 2.81. The molecule has 14 heavy (non-hydrogen) atoms. The average Bonchev–Trinajstić information content (AvgIpc) is 1.94. The second-order valence-electron chi connectivity index (χ2n) is 4.34. The molecule has 0 amide bonds. The lowest BCUT2D eigenvalue weighted by molar-refractivity contribution is -0.139. The first-order valence-electron chi connectivity index (χ1n) is 4.74. The lowest BCUT2D eigenvalue weighted by Gasteiger charge is -2.35. The van der Waals surface area contributed by atoms with Gasteiger partial charge in [-0.1, -0.05) is 13.8 Å². The standard InChI is InChI=1S/C9H16O4S/c1-6(2)8(3-9(10)11)7-4-14(12,13)5-7/h6-8H,3-5H2,1-2H3,(H,10,11). The largest absolute Gasteiger partial charge is 0.481 e. The highest BCUT2D eigenvalue weighted by molar-refractivity contribution is 7.92. The number of carbonyl (C=O) groups is 1. The summed E-state index contributed by atoms with van der Waals surface area (Å²) in [6.07, 6.45) is 0.0812. The van der Waals surface area contributed by atoms with Crippen molar-refractivity contribution in [2.75, 3.05) is 11.5 Å². The molecule has 1 rings (SSSR count). The molecule has 4 nitrogen and oxygen atoms in total. The van der Waals surface area contributed by atoms with Crippen LogP contribution in [0.3, 0.4) is 0 Å². The van der Waals surface area contributed by atoms with Gasteiger partial charge in [-0.3, -0.25) is 4.79 Å². The highest BCUT2D eigenvalue weighted by Crippen LogP contribution is 2.33. The molecule has 0 aromatic carbocycles. The Kier molecular flexibility index (Phi) is 3.19. The zero-order valence-electron chi connectivity index (χ0n) is 8.43. The lowest BCUT2D eigenvalue weighted by Crippen LogP contribution is -2.43. The number of aliphatic carboxylic acids is 1. The molecule has 0 saturated carbocycles. The van der Waals surface area contributed by atoms with E-state index in [-0.39, 0.29) is 35.7 Å². The minimum Gasteiger partial charge on any atom is -0.481 e. The maximum atomic E-state index is 11.0. The summed E-state index contributed by atoms with van der Waals surface area (Å²) in [5, 5.41) is 8.68. The summed E-state index contributed by atoms with van der Waals surface area (Å²) in [5.74, 6) is -0.224. The van der Waals surface area contributed by atoms with Crippen LogP contribution in [0.15, 0.2) is 0 Å². The first-order chi connectivity index (χ1) is 6.32. The molecule has 1 atom stereocenters. The van der Waals surface area contributed by atoms with Crippen LogP contribution in [-0.4, -0.2) is 31.0 Å². The topological polar surface area (TPSA) is 71.4 Å². The summed E-state index contributed by atoms with van der Waals surface area (Å²) < 4.78 is 21.9. The van der Waals surface area contributed by atoms with E-state index >= 15 is 0 Å². The van der Waals surface area contributed by atoms with Crippen molar-refractivity contribution in [3.8, 4) is 0 Å². The van der Waals surface area contributed by atoms with Crippen molar-refractivity contribution in [1.29, 1.82) is 0 Å². The van der Waals surface area contributed by atoms with Crippen molar-refractivity contribution in [2.45, 2.75) is 20.3 Å². The summed E-state index contributed by atoms with van der Waals surface area (Å²) >= 11 is 0. The van der Waals surface area contributed by atoms with E-state index in [1.54, 1.807) is 0 Å². The molecule has 0 aromatic heterocycles. The third kappa shape index (κ3) is 2.70. The van der Waals surface area contributed by atoms with Gasteiger partial charge in [0.2, 0.25) is 0 Å². The van der Waals surface area contributed by atoms with E-state index in [9.17, 15) is 13.2 Å². The summed E-state index contributed by atoms with van der Waals surface area (Å²) in [6.45, 7) is 3.89. The second-order valence-corrected chi connectivity index (χ2v) is 6.50. The fourth-order valence-electron chi connectivity index (χ4n) is 2.00. The van der Waals surface area contributed by atoms with E-state index in [2.05, 4.69) is 0 Å². The molecule has 1 N–H and O–H groups in total. The first-order valence-corrected chi connectivity index (χ1v) is 6.56. The van der Waals surface area contributed by atoms with Gasteiger partial charge in [-0.05, 0) is 17.8 Å². The fraction of sp³-hybridized carbons (Fsp3) is 0.889. The second kappa shape index (κ2) is 3.88. The van der Waals surface area contributed by atoms with Crippen LogP contribution in [0.25, 0.3) is 0 Å². The molecular weight excluding hydrogens is 204 g/mol. The van der Waals surface area contributed by atoms with E-state index in [1.165, 1.54) is 0 Å². The summed E-state index contributed by atoms with van der Waals surface area (Å²) in [4.78, 5) is 10.6. The molecule has 1 fully saturated rings. The van der Waals surface area contributed by atoms with Gasteiger partial charge in [0.1, 0.15) is 0 Å². The lowest BCUT2D eigenvalue weighted by atomic mass is 9.82. The van der Waals surface area contributed by atoms with Crippen LogP contribution in [0, 0.1) is 17.8 Å². The van der Waals surface area contributed by atoms with Crippen molar-refractivity contribution in [2.24, 2.45) is 17.8 Å². The summed E-state index contributed by atoms with van der Waals surface area (Å²) in [6, 6.07) is 0. The molecule has 1 aliphatic heterocycles. The molecule has 1 heterocycles. The molecule has 0 spiro atoms. The molecule has 0 bridgehead atoms. The van der Waals surface area contributed by atoms with Crippen molar-refractivity contribution in [3.63, 3.8) is 0 Å². The molecular formula is C9H16O4S. The molecule has 0 radical (unpaired) electrons. The minimum absolute atomic E-state index is 0.00368. The van der Waals surface area contributed by atoms with Gasteiger partial charge in [0.15, 0.2) is 9.84 Å². The minimum atomic E-state index is -2.84. The molecule has 5 heteroatoms. The maximum absolute atomic E-state index is 11.0. The van der Waals surface area contributed by atoms with E-state index < -0.39 is 15.8 Å². The van der Waals surface area contributed by atoms with Crippen LogP contribution >= 0.6 is 0 Å². The van der Waals surface area contributed by atoms with E-state index in [0.717, 1.165) is 0 Å². The number of rotatable bonds is 4. The highest BCUT2D eigenvalue weighted by Gasteiger charge is 2.40. The molecule has 0 aliphatic carbocycles. The van der Waals surface area contributed by atoms with Crippen molar-refractivity contribution >= 4 is 15.8 Å². The number of carboxylic acid groups (broad SMARTS) is 1. The Bertz CT molecular complexity index is 306. The van der Waals surface area contributed by atoms with Crippen LogP contribution < -0.4 is 0 Å². The molecule has 0 aromatic rings. The van der Waals surface area contributed by atoms with Crippen molar-refractivity contribution in [1.82, 2.24) is 0 Å². The zero-order chi connectivity index (χ0) is 10.9. The molecule has 82 valence electrons. The van der Waals surface area contributed by atoms with Crippen LogP contribution in [0.4, 0.5) is 0 Å². The van der Waals surface area contributed by atoms with Gasteiger partial charge < -0.3 is 5.11 Å². The van der Waals surface area contributed by atoms with Gasteiger partial charge in [-0.15, -0.1) is 0 Å². The number of hydrogen-bond acceptors (Lipinski definition) is 3. The Balaban J connectivity index is 2.58. The van der Waals surface area contributed by atoms with Crippen LogP contribution in [-0.2, 0) is 14.6 Å². The Morgan fingerprint density at radius 1 is 1.43 bits per heavy atom. The van der Waals surface area contributed by atoms with Gasteiger partial charge >= 0.3 is 5.97 Å². The molecule has 1 aliphatic rings. The van der Waals surface area contributed by atoms with E-state index in [0.29, 0.717) is 0 Å². The number of sulfone groups is 1. The van der Waals surface area contributed by atoms with Crippen LogP contribution in [0.1, 0.15) is 20.3 Å². The molecule has 1 saturated heterocycles. The van der Waals surface area contributed by atoms with Gasteiger partial charge in [0.25, 0.3) is 0 Å². The van der Waals surface area contributed by atoms with Crippen LogP contribution in [0.2, 0.25) is 0 Å². The zero-order valence-corrected chi connectivity index (χ0v) is 9.25. The fourth-order valence-corrected chi connectivity index (χ4v) is 3.70. The Labute approximate surface area is 84.2 Å².